The van der Waals surface area contributed by atoms with Gasteiger partial charge in [0.1, 0.15) is 0 Å². The zero-order valence-corrected chi connectivity index (χ0v) is 10.7. The predicted octanol–water partition coefficient (Wildman–Crippen LogP) is 1.86. The lowest BCUT2D eigenvalue weighted by atomic mass is 10.1. The second-order valence-corrected chi connectivity index (χ2v) is 5.21. The van der Waals surface area contributed by atoms with Crippen molar-refractivity contribution in [1.29, 1.82) is 0 Å². The number of aryl methyl sites for hydroxylation is 1. The summed E-state index contributed by atoms with van der Waals surface area (Å²) in [4.78, 5) is 5.25. The first-order valence-corrected chi connectivity index (χ1v) is 6.24. The quantitative estimate of drug-likeness (QED) is 0.635. The molecule has 1 heterocycles. The van der Waals surface area contributed by atoms with Crippen molar-refractivity contribution >= 4 is 11.3 Å². The zero-order valence-electron chi connectivity index (χ0n) is 9.84. The maximum absolute atomic E-state index is 9.62. The van der Waals surface area contributed by atoms with Crippen LogP contribution < -0.4 is 5.32 Å². The number of aromatic nitrogens is 1. The van der Waals surface area contributed by atoms with Gasteiger partial charge in [0, 0.05) is 29.7 Å². The summed E-state index contributed by atoms with van der Waals surface area (Å²) in [5.41, 5.74) is 0.534. The Hall–Kier alpha value is -1.79. The van der Waals surface area contributed by atoms with Gasteiger partial charge in [0.15, 0.2) is 11.5 Å². The highest BCUT2D eigenvalue weighted by molar-refractivity contribution is 7.11. The highest BCUT2D eigenvalue weighted by atomic mass is 32.1. The van der Waals surface area contributed by atoms with Gasteiger partial charge in [-0.1, -0.05) is 6.07 Å². The van der Waals surface area contributed by atoms with Crippen molar-refractivity contribution in [1.82, 2.24) is 10.3 Å². The van der Waals surface area contributed by atoms with E-state index in [0.717, 1.165) is 9.88 Å². The van der Waals surface area contributed by atoms with Gasteiger partial charge in [-0.15, -0.1) is 11.3 Å². The minimum Gasteiger partial charge on any atom is -0.504 e. The van der Waals surface area contributed by atoms with Gasteiger partial charge in [0.2, 0.25) is 5.75 Å². The first-order chi connectivity index (χ1) is 8.58. The lowest BCUT2D eigenvalue weighted by Gasteiger charge is -2.08. The number of hydrogen-bond donors (Lipinski definition) is 4. The Labute approximate surface area is 108 Å². The number of nitrogens with zero attached hydrogens (tertiary/aromatic N) is 1. The van der Waals surface area contributed by atoms with Crippen LogP contribution in [-0.2, 0) is 13.1 Å². The van der Waals surface area contributed by atoms with E-state index >= 15 is 0 Å². The largest absolute Gasteiger partial charge is 0.504 e. The van der Waals surface area contributed by atoms with Crippen molar-refractivity contribution in [2.24, 2.45) is 0 Å². The fourth-order valence-electron chi connectivity index (χ4n) is 1.56. The Balaban J connectivity index is 1.96. The molecular formula is C12H14N2O3S. The molecule has 0 aliphatic carbocycles. The maximum atomic E-state index is 9.62. The lowest BCUT2D eigenvalue weighted by Crippen LogP contribution is -2.11. The maximum Gasteiger partial charge on any atom is 0.200 e. The molecule has 1 aromatic heterocycles. The summed E-state index contributed by atoms with van der Waals surface area (Å²) in [5, 5.41) is 32.3. The molecule has 0 spiro atoms. The van der Waals surface area contributed by atoms with E-state index in [4.69, 9.17) is 0 Å². The van der Waals surface area contributed by atoms with Gasteiger partial charge in [-0.05, 0) is 13.0 Å². The molecule has 0 radical (unpaired) electrons. The van der Waals surface area contributed by atoms with Crippen LogP contribution in [0.25, 0.3) is 0 Å². The third kappa shape index (κ3) is 2.72. The third-order valence-corrected chi connectivity index (χ3v) is 3.41. The molecule has 0 aliphatic heterocycles. The van der Waals surface area contributed by atoms with Crippen LogP contribution in [0.5, 0.6) is 17.2 Å². The van der Waals surface area contributed by atoms with Gasteiger partial charge in [0.05, 0.1) is 5.01 Å². The molecule has 1 aromatic carbocycles. The summed E-state index contributed by atoms with van der Waals surface area (Å²) in [5.74, 6) is -1.10. The van der Waals surface area contributed by atoms with Crippen LogP contribution in [0.2, 0.25) is 0 Å². The smallest absolute Gasteiger partial charge is 0.200 e. The number of aromatic hydroxyl groups is 3. The Morgan fingerprint density at radius 1 is 1.17 bits per heavy atom. The van der Waals surface area contributed by atoms with E-state index in [1.807, 2.05) is 6.92 Å². The van der Waals surface area contributed by atoms with Gasteiger partial charge in [-0.3, -0.25) is 0 Å². The lowest BCUT2D eigenvalue weighted by molar-refractivity contribution is 0.364. The van der Waals surface area contributed by atoms with Crippen LogP contribution in [0.3, 0.4) is 0 Å². The zero-order chi connectivity index (χ0) is 13.1. The summed E-state index contributed by atoms with van der Waals surface area (Å²) in [7, 11) is 0. The van der Waals surface area contributed by atoms with Crippen molar-refractivity contribution < 1.29 is 15.3 Å². The molecule has 0 saturated carbocycles. The molecule has 0 aliphatic rings. The Bertz CT molecular complexity index is 554. The fourth-order valence-corrected chi connectivity index (χ4v) is 2.33. The van der Waals surface area contributed by atoms with Crippen LogP contribution >= 0.6 is 11.3 Å². The second-order valence-electron chi connectivity index (χ2n) is 3.89. The van der Waals surface area contributed by atoms with Gasteiger partial charge >= 0.3 is 0 Å². The van der Waals surface area contributed by atoms with Crippen LogP contribution in [0.4, 0.5) is 0 Å². The molecule has 0 amide bonds. The van der Waals surface area contributed by atoms with Crippen LogP contribution in [0.15, 0.2) is 18.3 Å². The topological polar surface area (TPSA) is 85.6 Å². The minimum absolute atomic E-state index is 0.289. The number of phenols is 3. The molecule has 96 valence electrons. The van der Waals surface area contributed by atoms with Gasteiger partial charge in [0.25, 0.3) is 0 Å². The van der Waals surface area contributed by atoms with E-state index in [9.17, 15) is 15.3 Å². The standard InChI is InChI=1S/C12H14N2O3S/c1-7-14-6-9(18-7)5-13-4-8-2-3-10(15)12(17)11(8)16/h2-3,6,13,15-17H,4-5H2,1H3. The minimum atomic E-state index is -0.483. The molecule has 0 atom stereocenters. The van der Waals surface area contributed by atoms with Crippen molar-refractivity contribution in [2.45, 2.75) is 20.0 Å². The summed E-state index contributed by atoms with van der Waals surface area (Å²) in [6.07, 6.45) is 1.81. The molecule has 0 bridgehead atoms. The molecule has 5 nitrogen and oxygen atoms in total. The molecule has 0 saturated heterocycles. The molecule has 0 unspecified atom stereocenters. The van der Waals surface area contributed by atoms with E-state index in [1.54, 1.807) is 23.6 Å². The Morgan fingerprint density at radius 2 is 1.94 bits per heavy atom. The molecule has 6 heteroatoms. The number of benzene rings is 1. The molecule has 2 rings (SSSR count). The highest BCUT2D eigenvalue weighted by Gasteiger charge is 2.10. The number of nitrogens with one attached hydrogen (secondary N) is 1. The second kappa shape index (κ2) is 5.24. The van der Waals surface area contributed by atoms with E-state index in [2.05, 4.69) is 10.3 Å². The van der Waals surface area contributed by atoms with E-state index < -0.39 is 5.75 Å². The SMILES string of the molecule is Cc1ncc(CNCc2ccc(O)c(O)c2O)s1. The van der Waals surface area contributed by atoms with Crippen LogP contribution in [0.1, 0.15) is 15.4 Å². The monoisotopic (exact) mass is 266 g/mol. The van der Waals surface area contributed by atoms with Crippen LogP contribution in [-0.4, -0.2) is 20.3 Å². The Kier molecular flexibility index (Phi) is 3.69. The number of thiazole rings is 1. The van der Waals surface area contributed by atoms with Crippen LogP contribution in [0, 0.1) is 6.92 Å². The number of hydrogen-bond acceptors (Lipinski definition) is 6. The van der Waals surface area contributed by atoms with Crippen molar-refractivity contribution in [3.8, 4) is 17.2 Å². The fraction of sp³-hybridized carbons (Fsp3) is 0.250. The van der Waals surface area contributed by atoms with Crippen molar-refractivity contribution in [2.75, 3.05) is 0 Å². The van der Waals surface area contributed by atoms with E-state index in [0.29, 0.717) is 18.7 Å². The van der Waals surface area contributed by atoms with Gasteiger partial charge < -0.3 is 20.6 Å². The Morgan fingerprint density at radius 3 is 2.61 bits per heavy atom. The third-order valence-electron chi connectivity index (χ3n) is 2.50. The van der Waals surface area contributed by atoms with Gasteiger partial charge in [-0.25, -0.2) is 4.98 Å². The normalized spacial score (nSPS) is 10.7. The summed E-state index contributed by atoms with van der Waals surface area (Å²) in [6, 6.07) is 2.91. The average Bonchev–Trinajstić information content (AvgIpc) is 2.75. The van der Waals surface area contributed by atoms with Gasteiger partial charge in [-0.2, -0.15) is 0 Å². The number of phenolic OH excluding ortho intramolecular Hbond substituents is 3. The molecular weight excluding hydrogens is 252 g/mol. The molecule has 4 N–H and O–H groups in total. The molecule has 18 heavy (non-hydrogen) atoms. The van der Waals surface area contributed by atoms with Crippen molar-refractivity contribution in [3.63, 3.8) is 0 Å². The molecule has 0 fully saturated rings. The van der Waals surface area contributed by atoms with E-state index in [-0.39, 0.29) is 11.5 Å². The first kappa shape index (κ1) is 12.7. The number of rotatable bonds is 4. The average molecular weight is 266 g/mol. The molecule has 2 aromatic rings. The van der Waals surface area contributed by atoms with E-state index in [1.165, 1.54) is 6.07 Å². The van der Waals surface area contributed by atoms with Crippen molar-refractivity contribution in [3.05, 3.63) is 33.8 Å². The summed E-state index contributed by atoms with van der Waals surface area (Å²) in [6.45, 7) is 2.99. The highest BCUT2D eigenvalue weighted by Crippen LogP contribution is 2.36. The predicted molar refractivity (Wildman–Crippen MR) is 68.8 cm³/mol. The first-order valence-electron chi connectivity index (χ1n) is 5.42. The summed E-state index contributed by atoms with van der Waals surface area (Å²) < 4.78 is 0. The summed E-state index contributed by atoms with van der Waals surface area (Å²) >= 11 is 1.61.